The Kier molecular flexibility index (Phi) is 7.63. The molecule has 0 spiro atoms. The summed E-state index contributed by atoms with van der Waals surface area (Å²) in [6.45, 7) is 4.44. The quantitative estimate of drug-likeness (QED) is 0.442. The number of ether oxygens (including phenoxy) is 5. The minimum atomic E-state index is -0.377. The van der Waals surface area contributed by atoms with Gasteiger partial charge in [0.25, 0.3) is 0 Å². The Balaban J connectivity index is 1.42. The van der Waals surface area contributed by atoms with Crippen molar-refractivity contribution < 1.29 is 28.5 Å². The van der Waals surface area contributed by atoms with Gasteiger partial charge >= 0.3 is 5.97 Å². The molecule has 4 rings (SSSR count). The van der Waals surface area contributed by atoms with E-state index in [0.29, 0.717) is 11.6 Å². The lowest BCUT2D eigenvalue weighted by atomic mass is 9.86. The van der Waals surface area contributed by atoms with Crippen LogP contribution in [0.5, 0.6) is 0 Å². The molecular weight excluding hydrogens is 418 g/mol. The molecule has 3 aliphatic rings. The minimum absolute atomic E-state index is 0.0520. The van der Waals surface area contributed by atoms with Crippen LogP contribution in [0.25, 0.3) is 0 Å². The zero-order valence-corrected chi connectivity index (χ0v) is 19.3. The number of nitrogens with zero attached hydrogens (tertiary/aromatic N) is 1. The summed E-state index contributed by atoms with van der Waals surface area (Å²) in [7, 11) is 1.67. The van der Waals surface area contributed by atoms with E-state index in [9.17, 15) is 4.79 Å². The van der Waals surface area contributed by atoms with Gasteiger partial charge < -0.3 is 23.7 Å². The van der Waals surface area contributed by atoms with Crippen LogP contribution in [0.4, 0.5) is 0 Å². The third-order valence-corrected chi connectivity index (χ3v) is 7.15. The molecule has 172 valence electrons. The van der Waals surface area contributed by atoms with E-state index >= 15 is 0 Å². The summed E-state index contributed by atoms with van der Waals surface area (Å²) in [5, 5.41) is 2.61. The van der Waals surface area contributed by atoms with E-state index in [1.54, 1.807) is 18.8 Å². The van der Waals surface area contributed by atoms with Crippen molar-refractivity contribution in [1.29, 1.82) is 0 Å². The van der Waals surface area contributed by atoms with Crippen LogP contribution in [0.3, 0.4) is 0 Å². The van der Waals surface area contributed by atoms with Crippen LogP contribution in [0, 0.1) is 11.8 Å². The number of methoxy groups -OCH3 is 1. The van der Waals surface area contributed by atoms with Gasteiger partial charge in [0.05, 0.1) is 31.7 Å². The smallest absolute Gasteiger partial charge is 0.358 e. The van der Waals surface area contributed by atoms with Crippen molar-refractivity contribution in [3.05, 3.63) is 28.4 Å². The van der Waals surface area contributed by atoms with Gasteiger partial charge in [-0.15, -0.1) is 11.3 Å². The average molecular weight is 452 g/mol. The second kappa shape index (κ2) is 10.4. The highest BCUT2D eigenvalue weighted by molar-refractivity contribution is 7.09. The fraction of sp³-hybridized carbons (Fsp3) is 0.739. The molecule has 1 aliphatic carbocycles. The normalized spacial score (nSPS) is 33.5. The first-order chi connectivity index (χ1) is 15.0. The minimum Gasteiger partial charge on any atom is -0.505 e. The average Bonchev–Trinajstić information content (AvgIpc) is 3.37. The van der Waals surface area contributed by atoms with Gasteiger partial charge in [0, 0.05) is 24.3 Å². The van der Waals surface area contributed by atoms with Crippen LogP contribution in [0.15, 0.2) is 17.7 Å². The van der Waals surface area contributed by atoms with E-state index in [1.165, 1.54) is 11.3 Å². The van der Waals surface area contributed by atoms with Gasteiger partial charge in [0.1, 0.15) is 11.1 Å². The molecule has 31 heavy (non-hydrogen) atoms. The Morgan fingerprint density at radius 2 is 2.16 bits per heavy atom. The second-order valence-electron chi connectivity index (χ2n) is 8.78. The van der Waals surface area contributed by atoms with E-state index < -0.39 is 0 Å². The number of carbonyl (C=O) groups is 1. The lowest BCUT2D eigenvalue weighted by Crippen LogP contribution is -2.31. The second-order valence-corrected chi connectivity index (χ2v) is 9.67. The number of hydrogen-bond acceptors (Lipinski definition) is 8. The van der Waals surface area contributed by atoms with Crippen LogP contribution in [-0.2, 0) is 23.7 Å². The van der Waals surface area contributed by atoms with Crippen molar-refractivity contribution in [1.82, 2.24) is 4.98 Å². The zero-order valence-electron chi connectivity index (χ0n) is 18.5. The van der Waals surface area contributed by atoms with Crippen molar-refractivity contribution in [3.63, 3.8) is 0 Å². The molecule has 6 atom stereocenters. The molecule has 0 amide bonds. The summed E-state index contributed by atoms with van der Waals surface area (Å²) >= 11 is 1.47. The Morgan fingerprint density at radius 3 is 2.90 bits per heavy atom. The maximum Gasteiger partial charge on any atom is 0.358 e. The molecule has 3 heterocycles. The van der Waals surface area contributed by atoms with Crippen LogP contribution < -0.4 is 0 Å². The number of carbonyl (C=O) groups excluding carboxylic acids is 1. The first-order valence-electron chi connectivity index (χ1n) is 11.3. The summed E-state index contributed by atoms with van der Waals surface area (Å²) in [5.41, 5.74) is 0.363. The number of esters is 1. The Bertz CT molecular complexity index is 759. The SMILES string of the molecule is CO/C=C/[C@@H]1[C@H]2CC[C@H](c3nc(C(=O)OC(C)C)cs3)O[C@H]2C[C@H]1OC1CCCCO1. The third kappa shape index (κ3) is 5.48. The topological polar surface area (TPSA) is 76.1 Å². The van der Waals surface area contributed by atoms with Gasteiger partial charge in [-0.25, -0.2) is 9.78 Å². The molecule has 0 bridgehead atoms. The molecule has 1 aromatic heterocycles. The maximum absolute atomic E-state index is 12.1. The lowest BCUT2D eigenvalue weighted by Gasteiger charge is -2.33. The summed E-state index contributed by atoms with van der Waals surface area (Å²) in [6, 6.07) is 0. The molecule has 1 saturated carbocycles. The van der Waals surface area contributed by atoms with Gasteiger partial charge in [-0.3, -0.25) is 0 Å². The van der Waals surface area contributed by atoms with Crippen LogP contribution >= 0.6 is 11.3 Å². The summed E-state index contributed by atoms with van der Waals surface area (Å²) < 4.78 is 29.2. The standard InChI is InChI=1S/C23H33NO6S/c1-14(2)28-23(25)17-13-31-22(24-17)18-8-7-15-16(9-11-26-3)20(12-19(15)29-18)30-21-6-4-5-10-27-21/h9,11,13-16,18-21H,4-8,10,12H2,1-3H3/b11-9+/t15-,16-,18-,19+,20-,21?/m1/s1. The third-order valence-electron chi connectivity index (χ3n) is 6.22. The molecule has 3 fully saturated rings. The van der Waals surface area contributed by atoms with Gasteiger partial charge in [0.2, 0.25) is 0 Å². The van der Waals surface area contributed by atoms with Crippen molar-refractivity contribution in [3.8, 4) is 0 Å². The molecule has 1 aromatic rings. The maximum atomic E-state index is 12.1. The van der Waals surface area contributed by atoms with E-state index in [1.807, 2.05) is 13.8 Å². The van der Waals surface area contributed by atoms with E-state index in [2.05, 4.69) is 11.1 Å². The van der Waals surface area contributed by atoms with E-state index in [-0.39, 0.29) is 42.6 Å². The van der Waals surface area contributed by atoms with Gasteiger partial charge in [-0.05, 0) is 57.9 Å². The Labute approximate surface area is 188 Å². The summed E-state index contributed by atoms with van der Waals surface area (Å²) in [6.07, 6.45) is 9.55. The highest BCUT2D eigenvalue weighted by atomic mass is 32.1. The Morgan fingerprint density at radius 1 is 1.29 bits per heavy atom. The Hall–Kier alpha value is -1.48. The van der Waals surface area contributed by atoms with Crippen LogP contribution in [0.1, 0.15) is 74.0 Å². The van der Waals surface area contributed by atoms with Gasteiger partial charge in [-0.2, -0.15) is 0 Å². The highest BCUT2D eigenvalue weighted by Crippen LogP contribution is 2.48. The number of rotatable bonds is 7. The van der Waals surface area contributed by atoms with E-state index in [0.717, 1.165) is 50.1 Å². The van der Waals surface area contributed by atoms with Crippen LogP contribution in [0.2, 0.25) is 0 Å². The molecule has 2 saturated heterocycles. The molecule has 1 unspecified atom stereocenters. The monoisotopic (exact) mass is 451 g/mol. The largest absolute Gasteiger partial charge is 0.505 e. The lowest BCUT2D eigenvalue weighted by molar-refractivity contribution is -0.193. The number of hydrogen-bond donors (Lipinski definition) is 0. The van der Waals surface area contributed by atoms with Gasteiger partial charge in [0.15, 0.2) is 12.0 Å². The van der Waals surface area contributed by atoms with Crippen LogP contribution in [-0.4, -0.2) is 49.3 Å². The van der Waals surface area contributed by atoms with Gasteiger partial charge in [-0.1, -0.05) is 0 Å². The summed E-state index contributed by atoms with van der Waals surface area (Å²) in [4.78, 5) is 16.7. The molecule has 8 heteroatoms. The van der Waals surface area contributed by atoms with Crippen molar-refractivity contribution in [2.45, 2.75) is 83.1 Å². The van der Waals surface area contributed by atoms with Crippen molar-refractivity contribution in [2.24, 2.45) is 11.8 Å². The zero-order chi connectivity index (χ0) is 21.8. The molecule has 2 aliphatic heterocycles. The molecule has 0 radical (unpaired) electrons. The molecule has 0 aromatic carbocycles. The van der Waals surface area contributed by atoms with Crippen molar-refractivity contribution in [2.75, 3.05) is 13.7 Å². The molecule has 7 nitrogen and oxygen atoms in total. The number of fused-ring (bicyclic) bond motifs is 1. The first kappa shape index (κ1) is 22.7. The predicted octanol–water partition coefficient (Wildman–Crippen LogP) is 4.64. The highest BCUT2D eigenvalue weighted by Gasteiger charge is 2.48. The number of thiazole rings is 1. The molecular formula is C23H33NO6S. The predicted molar refractivity (Wildman–Crippen MR) is 116 cm³/mol. The van der Waals surface area contributed by atoms with Crippen molar-refractivity contribution >= 4 is 17.3 Å². The first-order valence-corrected chi connectivity index (χ1v) is 12.2. The number of aromatic nitrogens is 1. The fourth-order valence-corrected chi connectivity index (χ4v) is 5.68. The van der Waals surface area contributed by atoms with E-state index in [4.69, 9.17) is 23.7 Å². The fourth-order valence-electron chi connectivity index (χ4n) is 4.82. The summed E-state index contributed by atoms with van der Waals surface area (Å²) in [5.74, 6) is 0.239. The molecule has 0 N–H and O–H groups in total.